The first-order valence-corrected chi connectivity index (χ1v) is 16.2. The molecule has 7 heteroatoms. The summed E-state index contributed by atoms with van der Waals surface area (Å²) in [5, 5.41) is 2.96. The van der Waals surface area contributed by atoms with Gasteiger partial charge in [-0.25, -0.2) is 0 Å². The Bertz CT molecular complexity index is 1020. The average Bonchev–Trinajstić information content (AvgIpc) is 3.02. The Labute approximate surface area is 260 Å². The highest BCUT2D eigenvalue weighted by Crippen LogP contribution is 2.28. The number of carbonyl (C=O) groups excluding carboxylic acids is 2. The zero-order valence-corrected chi connectivity index (χ0v) is 26.6. The number of hydrogen-bond acceptors (Lipinski definition) is 6. The lowest BCUT2D eigenvalue weighted by Gasteiger charge is -2.26. The third-order valence-electron chi connectivity index (χ3n) is 7.13. The Morgan fingerprint density at radius 3 is 2.14 bits per heavy atom. The van der Waals surface area contributed by atoms with Crippen LogP contribution in [0.4, 0.5) is 0 Å². The lowest BCUT2D eigenvalue weighted by molar-refractivity contribution is -0.134. The number of allylic oxidation sites excluding steroid dienone is 8. The molecule has 1 N–H and O–H groups in total. The van der Waals surface area contributed by atoms with E-state index >= 15 is 0 Å². The molecule has 1 aliphatic heterocycles. The van der Waals surface area contributed by atoms with E-state index in [1.807, 2.05) is 6.07 Å². The van der Waals surface area contributed by atoms with Gasteiger partial charge in [0.1, 0.15) is 0 Å². The number of esters is 1. The van der Waals surface area contributed by atoms with Gasteiger partial charge in [-0.2, -0.15) is 0 Å². The zero-order chi connectivity index (χ0) is 30.8. The maximum absolute atomic E-state index is 12.3. The fraction of sp³-hybridized carbons (Fsp3) is 0.556. The van der Waals surface area contributed by atoms with Gasteiger partial charge in [-0.1, -0.05) is 74.4 Å². The van der Waals surface area contributed by atoms with Gasteiger partial charge in [0.2, 0.25) is 5.91 Å². The van der Waals surface area contributed by atoms with E-state index in [0.717, 1.165) is 76.9 Å². The Balaban J connectivity index is 1.54. The number of methoxy groups -OCH3 is 1. The van der Waals surface area contributed by atoms with Crippen LogP contribution in [0.1, 0.15) is 89.5 Å². The highest BCUT2D eigenvalue weighted by Gasteiger charge is 2.14. The van der Waals surface area contributed by atoms with E-state index in [4.69, 9.17) is 14.2 Å². The van der Waals surface area contributed by atoms with Crippen LogP contribution in [-0.4, -0.2) is 56.7 Å². The molecule has 0 aromatic heterocycles. The summed E-state index contributed by atoms with van der Waals surface area (Å²) in [5.41, 5.74) is 0.887. The van der Waals surface area contributed by atoms with E-state index < -0.39 is 0 Å². The van der Waals surface area contributed by atoms with Crippen LogP contribution in [0, 0.1) is 0 Å². The molecule has 2 rings (SSSR count). The molecule has 0 unspecified atom stereocenters. The maximum atomic E-state index is 12.3. The van der Waals surface area contributed by atoms with E-state index in [2.05, 4.69) is 65.7 Å². The van der Waals surface area contributed by atoms with Crippen molar-refractivity contribution in [2.75, 3.05) is 40.0 Å². The first kappa shape index (κ1) is 36.0. The number of unbranched alkanes of at least 4 members (excludes halogenated alkanes) is 4. The summed E-state index contributed by atoms with van der Waals surface area (Å²) < 4.78 is 16.3. The molecule has 0 saturated carbocycles. The van der Waals surface area contributed by atoms with Gasteiger partial charge < -0.3 is 19.5 Å². The number of nitrogens with one attached hydrogen (secondary N) is 1. The van der Waals surface area contributed by atoms with Gasteiger partial charge in [-0.15, -0.1) is 0 Å². The Morgan fingerprint density at radius 2 is 1.49 bits per heavy atom. The topological polar surface area (TPSA) is 77.1 Å². The van der Waals surface area contributed by atoms with Crippen molar-refractivity contribution in [1.29, 1.82) is 0 Å². The van der Waals surface area contributed by atoms with E-state index in [0.29, 0.717) is 30.9 Å². The SMILES string of the molecule is CCCCC/C=C\C/C=C\C/C=C/C/C=C\CCCC(=O)NCc1ccc(OC(=O)CCCN2CCOCC2)c(OC)c1. The second kappa shape index (κ2) is 24.3. The summed E-state index contributed by atoms with van der Waals surface area (Å²) >= 11 is 0. The van der Waals surface area contributed by atoms with Crippen LogP contribution in [-0.2, 0) is 20.9 Å². The number of rotatable bonds is 22. The summed E-state index contributed by atoms with van der Waals surface area (Å²) in [5.74, 6) is 0.620. The Morgan fingerprint density at radius 1 is 0.837 bits per heavy atom. The van der Waals surface area contributed by atoms with E-state index in [1.54, 1.807) is 19.2 Å². The van der Waals surface area contributed by atoms with Crippen molar-refractivity contribution < 1.29 is 23.8 Å². The summed E-state index contributed by atoms with van der Waals surface area (Å²) in [6.07, 6.45) is 28.9. The third-order valence-corrected chi connectivity index (χ3v) is 7.13. The number of benzene rings is 1. The summed E-state index contributed by atoms with van der Waals surface area (Å²) in [6.45, 7) is 6.81. The number of hydrogen-bond donors (Lipinski definition) is 1. The van der Waals surface area contributed by atoms with Gasteiger partial charge in [0.25, 0.3) is 0 Å². The molecule has 0 aliphatic carbocycles. The molecule has 0 spiro atoms. The average molecular weight is 595 g/mol. The van der Waals surface area contributed by atoms with Crippen LogP contribution in [0.5, 0.6) is 11.5 Å². The number of amides is 1. The molecule has 1 aromatic carbocycles. The molecule has 0 bridgehead atoms. The van der Waals surface area contributed by atoms with Crippen molar-refractivity contribution in [3.05, 3.63) is 72.4 Å². The smallest absolute Gasteiger partial charge is 0.311 e. The third kappa shape index (κ3) is 18.2. The molecule has 1 aromatic rings. The monoisotopic (exact) mass is 594 g/mol. The van der Waals surface area contributed by atoms with Crippen molar-refractivity contribution in [2.45, 2.75) is 90.5 Å². The molecule has 1 heterocycles. The van der Waals surface area contributed by atoms with Gasteiger partial charge in [0, 0.05) is 32.5 Å². The second-order valence-corrected chi connectivity index (χ2v) is 10.8. The van der Waals surface area contributed by atoms with Crippen LogP contribution < -0.4 is 14.8 Å². The van der Waals surface area contributed by atoms with Gasteiger partial charge in [0.05, 0.1) is 20.3 Å². The predicted molar refractivity (Wildman–Crippen MR) is 175 cm³/mol. The van der Waals surface area contributed by atoms with Crippen molar-refractivity contribution in [3.8, 4) is 11.5 Å². The van der Waals surface area contributed by atoms with Crippen LogP contribution in [0.3, 0.4) is 0 Å². The highest BCUT2D eigenvalue weighted by atomic mass is 16.6. The molecule has 1 saturated heterocycles. The Kier molecular flexibility index (Phi) is 20.4. The van der Waals surface area contributed by atoms with Crippen LogP contribution in [0.2, 0.25) is 0 Å². The fourth-order valence-corrected chi connectivity index (χ4v) is 4.58. The largest absolute Gasteiger partial charge is 0.493 e. The van der Waals surface area contributed by atoms with Gasteiger partial charge in [-0.3, -0.25) is 14.5 Å². The lowest BCUT2D eigenvalue weighted by atomic mass is 10.1. The molecular weight excluding hydrogens is 540 g/mol. The molecule has 0 radical (unpaired) electrons. The molecule has 0 atom stereocenters. The number of carbonyl (C=O) groups is 2. The second-order valence-electron chi connectivity index (χ2n) is 10.8. The van der Waals surface area contributed by atoms with Crippen molar-refractivity contribution in [3.63, 3.8) is 0 Å². The van der Waals surface area contributed by atoms with Crippen LogP contribution in [0.25, 0.3) is 0 Å². The zero-order valence-electron chi connectivity index (χ0n) is 26.6. The highest BCUT2D eigenvalue weighted by molar-refractivity contribution is 5.76. The molecular formula is C36H54N2O5. The standard InChI is InChI=1S/C36H54N2O5/c1-3-4-5-6-7-8-9-10-11-12-13-14-15-16-17-18-19-21-35(39)37-31-32-23-24-33(34(30-32)41-2)43-36(40)22-20-25-38-26-28-42-29-27-38/h7-8,10-11,13-14,16-17,23-24,30H,3-6,9,12,15,18-22,25-29,31H2,1-2H3,(H,37,39)/b8-7-,11-10-,14-13+,17-16-. The minimum atomic E-state index is -0.276. The molecule has 1 amide bonds. The molecule has 1 aliphatic rings. The fourth-order valence-electron chi connectivity index (χ4n) is 4.58. The minimum absolute atomic E-state index is 0.0191. The van der Waals surface area contributed by atoms with Gasteiger partial charge in [-0.05, 0) is 75.6 Å². The minimum Gasteiger partial charge on any atom is -0.493 e. The van der Waals surface area contributed by atoms with E-state index in [-0.39, 0.29) is 11.9 Å². The number of nitrogens with zero attached hydrogens (tertiary/aromatic N) is 1. The summed E-state index contributed by atoms with van der Waals surface area (Å²) in [6, 6.07) is 5.37. The van der Waals surface area contributed by atoms with Gasteiger partial charge >= 0.3 is 5.97 Å². The predicted octanol–water partition coefficient (Wildman–Crippen LogP) is 7.47. The first-order chi connectivity index (χ1) is 21.1. The summed E-state index contributed by atoms with van der Waals surface area (Å²) in [7, 11) is 1.55. The van der Waals surface area contributed by atoms with E-state index in [1.165, 1.54) is 25.7 Å². The molecule has 238 valence electrons. The van der Waals surface area contributed by atoms with E-state index in [9.17, 15) is 9.59 Å². The molecule has 1 fully saturated rings. The van der Waals surface area contributed by atoms with Crippen molar-refractivity contribution in [2.24, 2.45) is 0 Å². The summed E-state index contributed by atoms with van der Waals surface area (Å²) in [4.78, 5) is 26.9. The van der Waals surface area contributed by atoms with Crippen LogP contribution in [0.15, 0.2) is 66.8 Å². The van der Waals surface area contributed by atoms with Crippen molar-refractivity contribution >= 4 is 11.9 Å². The van der Waals surface area contributed by atoms with Crippen LogP contribution >= 0.6 is 0 Å². The number of morpholine rings is 1. The normalized spacial score (nSPS) is 14.4. The molecule has 7 nitrogen and oxygen atoms in total. The maximum Gasteiger partial charge on any atom is 0.311 e. The quantitative estimate of drug-likeness (QED) is 0.0649. The first-order valence-electron chi connectivity index (χ1n) is 16.2. The Hall–Kier alpha value is -3.16. The van der Waals surface area contributed by atoms with Crippen molar-refractivity contribution in [1.82, 2.24) is 10.2 Å². The van der Waals surface area contributed by atoms with Gasteiger partial charge in [0.15, 0.2) is 11.5 Å². The number of ether oxygens (including phenoxy) is 3. The lowest BCUT2D eigenvalue weighted by Crippen LogP contribution is -2.37. The molecule has 43 heavy (non-hydrogen) atoms.